The van der Waals surface area contributed by atoms with E-state index in [2.05, 4.69) is 55.7 Å². The summed E-state index contributed by atoms with van der Waals surface area (Å²) in [7, 11) is 1.71. The van der Waals surface area contributed by atoms with E-state index in [1.165, 1.54) is 18.5 Å². The maximum absolute atomic E-state index is 5.44. The van der Waals surface area contributed by atoms with Crippen LogP contribution in [0.15, 0.2) is 48.2 Å². The van der Waals surface area contributed by atoms with E-state index in [1.54, 1.807) is 18.4 Å². The van der Waals surface area contributed by atoms with Crippen LogP contribution >= 0.6 is 11.3 Å². The van der Waals surface area contributed by atoms with E-state index in [4.69, 9.17) is 9.72 Å². The van der Waals surface area contributed by atoms with Crippen molar-refractivity contribution in [2.24, 2.45) is 5.92 Å². The molecule has 0 spiro atoms. The Hall–Kier alpha value is -2.64. The highest BCUT2D eigenvalue weighted by Crippen LogP contribution is 2.31. The Balaban J connectivity index is 1.33. The average Bonchev–Trinajstić information content (AvgIpc) is 3.48. The van der Waals surface area contributed by atoms with Gasteiger partial charge in [0, 0.05) is 42.6 Å². The van der Waals surface area contributed by atoms with Crippen LogP contribution < -0.4 is 4.74 Å². The molecule has 3 aromatic heterocycles. The number of hydrogen-bond acceptors (Lipinski definition) is 5. The van der Waals surface area contributed by atoms with Crippen LogP contribution in [0, 0.1) is 12.8 Å². The van der Waals surface area contributed by atoms with E-state index in [0.29, 0.717) is 0 Å². The zero-order valence-corrected chi connectivity index (χ0v) is 18.3. The molecule has 5 rings (SSSR count). The van der Waals surface area contributed by atoms with Crippen LogP contribution in [0.4, 0.5) is 0 Å². The largest absolute Gasteiger partial charge is 0.497 e. The summed E-state index contributed by atoms with van der Waals surface area (Å²) in [5.41, 5.74) is 3.45. The molecule has 6 nitrogen and oxygen atoms in total. The number of imidazole rings is 2. The predicted octanol–water partition coefficient (Wildman–Crippen LogP) is 4.49. The summed E-state index contributed by atoms with van der Waals surface area (Å²) in [6, 6.07) is 8.22. The van der Waals surface area contributed by atoms with Gasteiger partial charge in [-0.3, -0.25) is 9.30 Å². The number of aryl methyl sites for hydroxylation is 1. The van der Waals surface area contributed by atoms with Crippen LogP contribution in [-0.2, 0) is 13.1 Å². The molecule has 1 fully saturated rings. The Morgan fingerprint density at radius 3 is 2.83 bits per heavy atom. The van der Waals surface area contributed by atoms with Gasteiger partial charge in [-0.25, -0.2) is 9.97 Å². The lowest BCUT2D eigenvalue weighted by molar-refractivity contribution is 0.165. The Morgan fingerprint density at radius 2 is 2.07 bits per heavy atom. The number of aromatic nitrogens is 4. The second kappa shape index (κ2) is 8.24. The second-order valence-corrected chi connectivity index (χ2v) is 8.91. The molecule has 4 heterocycles. The number of rotatable bonds is 6. The van der Waals surface area contributed by atoms with Gasteiger partial charge in [0.05, 0.1) is 18.5 Å². The molecule has 30 heavy (non-hydrogen) atoms. The van der Waals surface area contributed by atoms with Crippen molar-refractivity contribution < 1.29 is 4.74 Å². The fraction of sp³-hybridized carbons (Fsp3) is 0.391. The number of thiazole rings is 1. The van der Waals surface area contributed by atoms with Gasteiger partial charge in [-0.05, 0) is 50.9 Å². The third-order valence-electron chi connectivity index (χ3n) is 6.16. The van der Waals surface area contributed by atoms with Crippen LogP contribution in [0.5, 0.6) is 5.75 Å². The van der Waals surface area contributed by atoms with E-state index in [1.807, 2.05) is 18.3 Å². The summed E-state index contributed by atoms with van der Waals surface area (Å²) in [6.07, 6.45) is 8.58. The molecule has 4 aromatic rings. The molecule has 1 saturated heterocycles. The molecule has 0 unspecified atom stereocenters. The summed E-state index contributed by atoms with van der Waals surface area (Å²) in [6.45, 7) is 6.32. The molecular weight excluding hydrogens is 394 g/mol. The van der Waals surface area contributed by atoms with E-state index in [0.717, 1.165) is 59.9 Å². The number of nitrogens with zero attached hydrogens (tertiary/aromatic N) is 5. The first-order chi connectivity index (χ1) is 14.7. The lowest BCUT2D eigenvalue weighted by Crippen LogP contribution is -2.35. The molecule has 0 N–H and O–H groups in total. The van der Waals surface area contributed by atoms with Crippen molar-refractivity contribution in [1.82, 2.24) is 23.8 Å². The van der Waals surface area contributed by atoms with Gasteiger partial charge in [-0.2, -0.15) is 0 Å². The van der Waals surface area contributed by atoms with Crippen LogP contribution in [0.25, 0.3) is 16.2 Å². The number of fused-ring (bicyclic) bond motifs is 1. The van der Waals surface area contributed by atoms with E-state index in [9.17, 15) is 0 Å². The lowest BCUT2D eigenvalue weighted by Gasteiger charge is -2.32. The summed E-state index contributed by atoms with van der Waals surface area (Å²) < 4.78 is 9.97. The molecule has 156 valence electrons. The van der Waals surface area contributed by atoms with Crippen molar-refractivity contribution in [2.75, 3.05) is 20.2 Å². The Labute approximate surface area is 180 Å². The maximum atomic E-state index is 5.44. The SMILES string of the molecule is COc1cccc(-c2nc3sccn3c2CN2CCC(Cn3ccnc3C)CC2)c1. The molecule has 1 aliphatic rings. The highest BCUT2D eigenvalue weighted by Gasteiger charge is 2.23. The molecule has 1 aromatic carbocycles. The highest BCUT2D eigenvalue weighted by atomic mass is 32.1. The molecule has 0 radical (unpaired) electrons. The smallest absolute Gasteiger partial charge is 0.194 e. The van der Waals surface area contributed by atoms with Gasteiger partial charge < -0.3 is 9.30 Å². The Bertz CT molecular complexity index is 1140. The van der Waals surface area contributed by atoms with Crippen LogP contribution in [0.3, 0.4) is 0 Å². The first-order valence-corrected chi connectivity index (χ1v) is 11.4. The van der Waals surface area contributed by atoms with Gasteiger partial charge in [-0.1, -0.05) is 12.1 Å². The molecule has 0 atom stereocenters. The lowest BCUT2D eigenvalue weighted by atomic mass is 9.96. The molecule has 0 bridgehead atoms. The van der Waals surface area contributed by atoms with Gasteiger partial charge >= 0.3 is 0 Å². The monoisotopic (exact) mass is 421 g/mol. The van der Waals surface area contributed by atoms with Crippen molar-refractivity contribution in [2.45, 2.75) is 32.9 Å². The summed E-state index contributed by atoms with van der Waals surface area (Å²) in [5, 5.41) is 2.11. The van der Waals surface area contributed by atoms with Crippen molar-refractivity contribution >= 4 is 16.3 Å². The standard InChI is InChI=1S/C23H27N5OS/c1-17-24-8-11-27(17)15-18-6-9-26(10-7-18)16-21-22(25-23-28(21)12-13-30-23)19-4-3-5-20(14-19)29-2/h3-5,8,11-14,18H,6-7,9-10,15-16H2,1-2H3. The predicted molar refractivity (Wildman–Crippen MR) is 120 cm³/mol. The van der Waals surface area contributed by atoms with Gasteiger partial charge in [0.15, 0.2) is 4.96 Å². The Morgan fingerprint density at radius 1 is 1.20 bits per heavy atom. The van der Waals surface area contributed by atoms with Crippen molar-refractivity contribution in [1.29, 1.82) is 0 Å². The summed E-state index contributed by atoms with van der Waals surface area (Å²) in [4.78, 5) is 12.9. The second-order valence-electron chi connectivity index (χ2n) is 8.04. The number of benzene rings is 1. The number of piperidine rings is 1. The fourth-order valence-electron chi connectivity index (χ4n) is 4.40. The fourth-order valence-corrected chi connectivity index (χ4v) is 5.13. The van der Waals surface area contributed by atoms with Crippen molar-refractivity contribution in [3.8, 4) is 17.0 Å². The van der Waals surface area contributed by atoms with E-state index >= 15 is 0 Å². The minimum atomic E-state index is 0.721. The zero-order chi connectivity index (χ0) is 20.5. The topological polar surface area (TPSA) is 47.6 Å². The maximum Gasteiger partial charge on any atom is 0.194 e. The van der Waals surface area contributed by atoms with Crippen LogP contribution in [0.2, 0.25) is 0 Å². The van der Waals surface area contributed by atoms with Crippen molar-refractivity contribution in [3.05, 3.63) is 59.8 Å². The molecule has 0 aliphatic carbocycles. The quantitative estimate of drug-likeness (QED) is 0.460. The third kappa shape index (κ3) is 3.75. The normalized spacial score (nSPS) is 15.8. The van der Waals surface area contributed by atoms with Gasteiger partial charge in [0.1, 0.15) is 11.6 Å². The van der Waals surface area contributed by atoms with Crippen LogP contribution in [-0.4, -0.2) is 44.0 Å². The van der Waals surface area contributed by atoms with Crippen LogP contribution in [0.1, 0.15) is 24.4 Å². The first-order valence-electron chi connectivity index (χ1n) is 10.5. The van der Waals surface area contributed by atoms with Gasteiger partial charge in [-0.15, -0.1) is 11.3 Å². The number of ether oxygens (including phenoxy) is 1. The first kappa shape index (κ1) is 19.3. The van der Waals surface area contributed by atoms with Gasteiger partial charge in [0.25, 0.3) is 0 Å². The minimum Gasteiger partial charge on any atom is -0.497 e. The minimum absolute atomic E-state index is 0.721. The molecule has 0 amide bonds. The number of hydrogen-bond donors (Lipinski definition) is 0. The van der Waals surface area contributed by atoms with E-state index in [-0.39, 0.29) is 0 Å². The number of methoxy groups -OCH3 is 1. The highest BCUT2D eigenvalue weighted by molar-refractivity contribution is 7.15. The zero-order valence-electron chi connectivity index (χ0n) is 17.5. The average molecular weight is 422 g/mol. The summed E-state index contributed by atoms with van der Waals surface area (Å²) in [5.74, 6) is 2.70. The molecular formula is C23H27N5OS. The molecule has 0 saturated carbocycles. The summed E-state index contributed by atoms with van der Waals surface area (Å²) >= 11 is 1.69. The Kier molecular flexibility index (Phi) is 5.31. The van der Waals surface area contributed by atoms with Crippen molar-refractivity contribution in [3.63, 3.8) is 0 Å². The van der Waals surface area contributed by atoms with Gasteiger partial charge in [0.2, 0.25) is 0 Å². The molecule has 7 heteroatoms. The number of likely N-dealkylation sites (tertiary alicyclic amines) is 1. The molecule has 1 aliphatic heterocycles. The third-order valence-corrected chi connectivity index (χ3v) is 6.92. The van der Waals surface area contributed by atoms with E-state index < -0.39 is 0 Å².